The van der Waals surface area contributed by atoms with Crippen LogP contribution in [0.25, 0.3) is 0 Å². The normalized spacial score (nSPS) is 10.0. The summed E-state index contributed by atoms with van der Waals surface area (Å²) in [7, 11) is 0. The second-order valence-corrected chi connectivity index (χ2v) is 5.20. The number of benzene rings is 2. The smallest absolute Gasteiger partial charge is 0.257 e. The van der Waals surface area contributed by atoms with Crippen LogP contribution in [-0.2, 0) is 13.0 Å². The van der Waals surface area contributed by atoms with Gasteiger partial charge in [-0.2, -0.15) is 0 Å². The van der Waals surface area contributed by atoms with Crippen molar-refractivity contribution in [1.29, 1.82) is 0 Å². The zero-order chi connectivity index (χ0) is 15.9. The quantitative estimate of drug-likeness (QED) is 0.833. The van der Waals surface area contributed by atoms with E-state index in [9.17, 15) is 4.79 Å². The zero-order valence-electron chi connectivity index (χ0n) is 12.3. The predicted molar refractivity (Wildman–Crippen MR) is 90.8 cm³/mol. The molecule has 1 amide bonds. The standard InChI is InChI=1S/C17H18N2O2S/c1-2-12-7-9-14(10-8-12)21-11-13-5-3-4-6-15(13)16(20)19-17(18)22/h3-10H,2,11H2,1H3,(H3,18,19,20,22). The molecule has 114 valence electrons. The Hall–Kier alpha value is -2.40. The van der Waals surface area contributed by atoms with E-state index in [1.807, 2.05) is 36.4 Å². The Kier molecular flexibility index (Phi) is 5.49. The monoisotopic (exact) mass is 314 g/mol. The summed E-state index contributed by atoms with van der Waals surface area (Å²) in [4.78, 5) is 12.0. The molecule has 2 aromatic carbocycles. The molecule has 22 heavy (non-hydrogen) atoms. The predicted octanol–water partition coefficient (Wildman–Crippen LogP) is 2.80. The van der Waals surface area contributed by atoms with Crippen molar-refractivity contribution < 1.29 is 9.53 Å². The van der Waals surface area contributed by atoms with E-state index in [0.717, 1.165) is 17.7 Å². The molecule has 5 heteroatoms. The molecular formula is C17H18N2O2S. The Bertz CT molecular complexity index is 669. The summed E-state index contributed by atoms with van der Waals surface area (Å²) >= 11 is 4.69. The summed E-state index contributed by atoms with van der Waals surface area (Å²) in [5.74, 6) is 0.440. The van der Waals surface area contributed by atoms with Gasteiger partial charge < -0.3 is 10.5 Å². The first-order valence-electron chi connectivity index (χ1n) is 7.00. The fourth-order valence-electron chi connectivity index (χ4n) is 2.03. The van der Waals surface area contributed by atoms with Gasteiger partial charge in [0.2, 0.25) is 0 Å². The number of aryl methyl sites for hydroxylation is 1. The van der Waals surface area contributed by atoms with Gasteiger partial charge in [-0.05, 0) is 42.4 Å². The Morgan fingerprint density at radius 1 is 1.18 bits per heavy atom. The summed E-state index contributed by atoms with van der Waals surface area (Å²) in [6.45, 7) is 2.40. The van der Waals surface area contributed by atoms with Crippen molar-refractivity contribution in [3.63, 3.8) is 0 Å². The minimum atomic E-state index is -0.326. The molecule has 0 unspecified atom stereocenters. The number of hydrogen-bond acceptors (Lipinski definition) is 3. The first-order chi connectivity index (χ1) is 10.6. The van der Waals surface area contributed by atoms with Crippen molar-refractivity contribution in [3.8, 4) is 5.75 Å². The lowest BCUT2D eigenvalue weighted by Crippen LogP contribution is -2.35. The third-order valence-electron chi connectivity index (χ3n) is 3.22. The van der Waals surface area contributed by atoms with Crippen molar-refractivity contribution in [3.05, 3.63) is 65.2 Å². The molecule has 0 bridgehead atoms. The summed E-state index contributed by atoms with van der Waals surface area (Å²) in [6, 6.07) is 15.1. The number of carbonyl (C=O) groups excluding carboxylic acids is 1. The van der Waals surface area contributed by atoms with E-state index < -0.39 is 0 Å². The third kappa shape index (κ3) is 4.30. The van der Waals surface area contributed by atoms with Crippen molar-refractivity contribution in [2.45, 2.75) is 20.0 Å². The fourth-order valence-corrected chi connectivity index (χ4v) is 2.12. The average molecular weight is 314 g/mol. The first-order valence-corrected chi connectivity index (χ1v) is 7.41. The van der Waals surface area contributed by atoms with Crippen LogP contribution in [0, 0.1) is 0 Å². The highest BCUT2D eigenvalue weighted by molar-refractivity contribution is 7.80. The van der Waals surface area contributed by atoms with Gasteiger partial charge in [-0.1, -0.05) is 37.3 Å². The second kappa shape index (κ2) is 7.56. The van der Waals surface area contributed by atoms with E-state index in [4.69, 9.17) is 22.7 Å². The van der Waals surface area contributed by atoms with Crippen molar-refractivity contribution in [1.82, 2.24) is 5.32 Å². The van der Waals surface area contributed by atoms with E-state index in [0.29, 0.717) is 12.2 Å². The van der Waals surface area contributed by atoms with Gasteiger partial charge in [-0.25, -0.2) is 0 Å². The van der Waals surface area contributed by atoms with E-state index in [-0.39, 0.29) is 11.0 Å². The third-order valence-corrected chi connectivity index (χ3v) is 3.33. The maximum atomic E-state index is 12.0. The molecule has 4 nitrogen and oxygen atoms in total. The van der Waals surface area contributed by atoms with Crippen LogP contribution in [0.2, 0.25) is 0 Å². The van der Waals surface area contributed by atoms with Crippen LogP contribution in [0.3, 0.4) is 0 Å². The van der Waals surface area contributed by atoms with Crippen molar-refractivity contribution in [2.24, 2.45) is 5.73 Å². The van der Waals surface area contributed by atoms with Crippen LogP contribution in [0.15, 0.2) is 48.5 Å². The molecule has 0 atom stereocenters. The minimum absolute atomic E-state index is 0.0455. The lowest BCUT2D eigenvalue weighted by molar-refractivity contribution is 0.0975. The van der Waals surface area contributed by atoms with Gasteiger partial charge >= 0.3 is 0 Å². The number of thiocarbonyl (C=S) groups is 1. The molecule has 0 heterocycles. The van der Waals surface area contributed by atoms with Gasteiger partial charge in [0.15, 0.2) is 5.11 Å². The van der Waals surface area contributed by atoms with Crippen LogP contribution in [0.5, 0.6) is 5.75 Å². The molecule has 2 aromatic rings. The highest BCUT2D eigenvalue weighted by Gasteiger charge is 2.11. The number of rotatable bonds is 5. The maximum Gasteiger partial charge on any atom is 0.257 e. The molecular weight excluding hydrogens is 296 g/mol. The maximum absolute atomic E-state index is 12.0. The van der Waals surface area contributed by atoms with E-state index in [1.54, 1.807) is 12.1 Å². The molecule has 2 rings (SSSR count). The topological polar surface area (TPSA) is 64.3 Å². The number of nitrogens with two attached hydrogens (primary N) is 1. The highest BCUT2D eigenvalue weighted by atomic mass is 32.1. The van der Waals surface area contributed by atoms with E-state index >= 15 is 0 Å². The number of hydrogen-bond donors (Lipinski definition) is 2. The van der Waals surface area contributed by atoms with E-state index in [1.165, 1.54) is 5.56 Å². The number of nitrogens with one attached hydrogen (secondary N) is 1. The largest absolute Gasteiger partial charge is 0.489 e. The molecule has 0 fully saturated rings. The van der Waals surface area contributed by atoms with Gasteiger partial charge in [0.25, 0.3) is 5.91 Å². The lowest BCUT2D eigenvalue weighted by atomic mass is 10.1. The van der Waals surface area contributed by atoms with Gasteiger partial charge in [0.1, 0.15) is 12.4 Å². The van der Waals surface area contributed by atoms with Crippen LogP contribution in [-0.4, -0.2) is 11.0 Å². The van der Waals surface area contributed by atoms with Crippen molar-refractivity contribution in [2.75, 3.05) is 0 Å². The van der Waals surface area contributed by atoms with Gasteiger partial charge in [0, 0.05) is 11.1 Å². The SMILES string of the molecule is CCc1ccc(OCc2ccccc2C(=O)NC(N)=S)cc1. The lowest BCUT2D eigenvalue weighted by Gasteiger charge is -2.11. The molecule has 3 N–H and O–H groups in total. The van der Waals surface area contributed by atoms with Crippen molar-refractivity contribution >= 4 is 23.2 Å². The average Bonchev–Trinajstić information content (AvgIpc) is 2.53. The molecule has 0 aliphatic carbocycles. The number of amides is 1. The number of ether oxygens (including phenoxy) is 1. The summed E-state index contributed by atoms with van der Waals surface area (Å²) < 4.78 is 5.74. The Labute approximate surface area is 135 Å². The van der Waals surface area contributed by atoms with Gasteiger partial charge in [-0.15, -0.1) is 0 Å². The molecule has 0 aliphatic heterocycles. The van der Waals surface area contributed by atoms with Gasteiger partial charge in [0.05, 0.1) is 0 Å². The van der Waals surface area contributed by atoms with Crippen LogP contribution < -0.4 is 15.8 Å². The van der Waals surface area contributed by atoms with Gasteiger partial charge in [-0.3, -0.25) is 10.1 Å². The van der Waals surface area contributed by atoms with Crippen LogP contribution in [0.1, 0.15) is 28.4 Å². The minimum Gasteiger partial charge on any atom is -0.489 e. The van der Waals surface area contributed by atoms with Crippen LogP contribution in [0.4, 0.5) is 0 Å². The molecule has 0 aromatic heterocycles. The second-order valence-electron chi connectivity index (χ2n) is 4.76. The first kappa shape index (κ1) is 16.0. The number of carbonyl (C=O) groups is 1. The molecule has 0 saturated heterocycles. The molecule has 0 radical (unpaired) electrons. The fraction of sp³-hybridized carbons (Fsp3) is 0.176. The molecule has 0 saturated carbocycles. The van der Waals surface area contributed by atoms with E-state index in [2.05, 4.69) is 12.2 Å². The summed E-state index contributed by atoms with van der Waals surface area (Å²) in [6.07, 6.45) is 0.988. The Morgan fingerprint density at radius 3 is 2.50 bits per heavy atom. The summed E-state index contributed by atoms with van der Waals surface area (Å²) in [5.41, 5.74) is 7.87. The molecule has 0 aliphatic rings. The van der Waals surface area contributed by atoms with Crippen LogP contribution >= 0.6 is 12.2 Å². The highest BCUT2D eigenvalue weighted by Crippen LogP contribution is 2.16. The summed E-state index contributed by atoms with van der Waals surface area (Å²) in [5, 5.41) is 2.38. The zero-order valence-corrected chi connectivity index (χ0v) is 13.2. The Morgan fingerprint density at radius 2 is 1.86 bits per heavy atom. The molecule has 0 spiro atoms. The Balaban J connectivity index is 2.09.